The van der Waals surface area contributed by atoms with E-state index in [2.05, 4.69) is 5.32 Å². The molecule has 0 saturated heterocycles. The number of methoxy groups -OCH3 is 1. The van der Waals surface area contributed by atoms with E-state index in [1.807, 2.05) is 30.3 Å². The molecule has 0 bridgehead atoms. The number of nitrogens with one attached hydrogen (secondary N) is 1. The lowest BCUT2D eigenvalue weighted by Gasteiger charge is -2.16. The van der Waals surface area contributed by atoms with Crippen molar-refractivity contribution in [1.82, 2.24) is 5.32 Å². The lowest BCUT2D eigenvalue weighted by atomic mass is 10.0. The van der Waals surface area contributed by atoms with Gasteiger partial charge in [-0.3, -0.25) is 9.59 Å². The molecule has 3 aromatic rings. The minimum atomic E-state index is -0.939. The molecule has 1 heterocycles. The molecule has 0 aliphatic rings. The maximum Gasteiger partial charge on any atom is 0.336 e. The van der Waals surface area contributed by atoms with Gasteiger partial charge in [0.05, 0.1) is 7.11 Å². The van der Waals surface area contributed by atoms with Crippen molar-refractivity contribution in [3.05, 3.63) is 76.1 Å². The van der Waals surface area contributed by atoms with Crippen LogP contribution in [0.15, 0.2) is 63.8 Å². The third kappa shape index (κ3) is 5.22. The summed E-state index contributed by atoms with van der Waals surface area (Å²) in [6.45, 7) is 0. The zero-order chi connectivity index (χ0) is 20.8. The first-order chi connectivity index (χ1) is 14.0. The van der Waals surface area contributed by atoms with E-state index < -0.39 is 17.6 Å². The molecule has 1 aromatic heterocycles. The molecule has 2 aromatic carbocycles. The Morgan fingerprint density at radius 3 is 2.59 bits per heavy atom. The van der Waals surface area contributed by atoms with Crippen molar-refractivity contribution < 1.29 is 18.7 Å². The van der Waals surface area contributed by atoms with Crippen molar-refractivity contribution >= 4 is 22.8 Å². The van der Waals surface area contributed by atoms with Gasteiger partial charge >= 0.3 is 5.63 Å². The summed E-state index contributed by atoms with van der Waals surface area (Å²) in [6, 6.07) is 15.0. The summed E-state index contributed by atoms with van der Waals surface area (Å²) in [6.07, 6.45) is 0.860. The molecule has 0 aliphatic carbocycles. The first-order valence-corrected chi connectivity index (χ1v) is 9.19. The molecular weight excluding hydrogens is 372 g/mol. The summed E-state index contributed by atoms with van der Waals surface area (Å²) in [4.78, 5) is 36.2. The Bertz CT molecular complexity index is 1080. The third-order valence-electron chi connectivity index (χ3n) is 4.62. The molecule has 7 heteroatoms. The van der Waals surface area contributed by atoms with Gasteiger partial charge in [0, 0.05) is 30.4 Å². The van der Waals surface area contributed by atoms with E-state index in [-0.39, 0.29) is 18.7 Å². The zero-order valence-electron chi connectivity index (χ0n) is 16.0. The van der Waals surface area contributed by atoms with E-state index in [0.717, 1.165) is 5.56 Å². The Kier molecular flexibility index (Phi) is 6.29. The molecule has 0 saturated carbocycles. The van der Waals surface area contributed by atoms with Crippen LogP contribution >= 0.6 is 0 Å². The number of carbonyl (C=O) groups excluding carboxylic acids is 2. The van der Waals surface area contributed by atoms with Gasteiger partial charge < -0.3 is 20.2 Å². The average molecular weight is 394 g/mol. The van der Waals surface area contributed by atoms with E-state index in [0.29, 0.717) is 28.7 Å². The minimum Gasteiger partial charge on any atom is -0.497 e. The molecule has 0 fully saturated rings. The summed E-state index contributed by atoms with van der Waals surface area (Å²) in [5.41, 5.74) is 6.86. The van der Waals surface area contributed by atoms with Gasteiger partial charge in [0.25, 0.3) is 0 Å². The maximum absolute atomic E-state index is 12.3. The first kappa shape index (κ1) is 20.1. The Morgan fingerprint density at radius 2 is 1.90 bits per heavy atom. The lowest BCUT2D eigenvalue weighted by Crippen LogP contribution is -2.46. The summed E-state index contributed by atoms with van der Waals surface area (Å²) < 4.78 is 10.4. The van der Waals surface area contributed by atoms with Gasteiger partial charge in [-0.2, -0.15) is 0 Å². The highest BCUT2D eigenvalue weighted by atomic mass is 16.5. The summed E-state index contributed by atoms with van der Waals surface area (Å²) in [5, 5.41) is 3.32. The van der Waals surface area contributed by atoms with Crippen molar-refractivity contribution in [2.75, 3.05) is 7.11 Å². The van der Waals surface area contributed by atoms with Crippen LogP contribution in [0.5, 0.6) is 5.75 Å². The summed E-state index contributed by atoms with van der Waals surface area (Å²) >= 11 is 0. The van der Waals surface area contributed by atoms with E-state index >= 15 is 0 Å². The molecule has 0 unspecified atom stereocenters. The zero-order valence-corrected chi connectivity index (χ0v) is 16.0. The Morgan fingerprint density at radius 1 is 1.14 bits per heavy atom. The molecule has 0 aliphatic heterocycles. The lowest BCUT2D eigenvalue weighted by molar-refractivity contribution is -0.127. The fourth-order valence-electron chi connectivity index (χ4n) is 3.12. The topological polar surface area (TPSA) is 112 Å². The molecule has 7 nitrogen and oxygen atoms in total. The Labute approximate surface area is 167 Å². The second-order valence-corrected chi connectivity index (χ2v) is 6.66. The quantitative estimate of drug-likeness (QED) is 0.567. The monoisotopic (exact) mass is 394 g/mol. The molecule has 2 amide bonds. The van der Waals surface area contributed by atoms with Crippen LogP contribution in [-0.2, 0) is 22.4 Å². The number of rotatable bonds is 8. The van der Waals surface area contributed by atoms with Gasteiger partial charge in [0.2, 0.25) is 11.8 Å². The number of carbonyl (C=O) groups is 2. The van der Waals surface area contributed by atoms with Crippen LogP contribution in [0.25, 0.3) is 11.0 Å². The van der Waals surface area contributed by atoms with Crippen molar-refractivity contribution in [2.45, 2.75) is 25.3 Å². The minimum absolute atomic E-state index is 0.0842. The van der Waals surface area contributed by atoms with E-state index in [1.165, 1.54) is 13.2 Å². The van der Waals surface area contributed by atoms with Crippen molar-refractivity contribution in [3.63, 3.8) is 0 Å². The summed E-state index contributed by atoms with van der Waals surface area (Å²) in [7, 11) is 1.51. The van der Waals surface area contributed by atoms with Crippen molar-refractivity contribution in [1.29, 1.82) is 0 Å². The van der Waals surface area contributed by atoms with E-state index in [4.69, 9.17) is 14.9 Å². The van der Waals surface area contributed by atoms with Gasteiger partial charge in [0.1, 0.15) is 17.4 Å². The number of amides is 2. The predicted molar refractivity (Wildman–Crippen MR) is 109 cm³/mol. The van der Waals surface area contributed by atoms with E-state index in [1.54, 1.807) is 18.2 Å². The maximum atomic E-state index is 12.3. The highest BCUT2D eigenvalue weighted by molar-refractivity contribution is 5.88. The number of nitrogens with two attached hydrogens (primary N) is 1. The molecular formula is C22H22N2O5. The molecule has 3 rings (SSSR count). The second-order valence-electron chi connectivity index (χ2n) is 6.66. The Hall–Kier alpha value is -3.61. The Balaban J connectivity index is 1.76. The smallest absolute Gasteiger partial charge is 0.336 e. The molecule has 0 spiro atoms. The highest BCUT2D eigenvalue weighted by Crippen LogP contribution is 2.23. The molecule has 3 N–H and O–H groups in total. The number of hydrogen-bond acceptors (Lipinski definition) is 5. The van der Waals surface area contributed by atoms with Gasteiger partial charge in [0.15, 0.2) is 0 Å². The fraction of sp³-hybridized carbons (Fsp3) is 0.227. The number of primary amides is 1. The first-order valence-electron chi connectivity index (χ1n) is 9.19. The van der Waals surface area contributed by atoms with Crippen LogP contribution in [-0.4, -0.2) is 25.0 Å². The fourth-order valence-corrected chi connectivity index (χ4v) is 3.12. The van der Waals surface area contributed by atoms with Crippen LogP contribution in [0, 0.1) is 0 Å². The van der Waals surface area contributed by atoms with Gasteiger partial charge in [-0.25, -0.2) is 4.79 Å². The SMILES string of the molecule is COc1ccc2c(C[C@H](NC(=O)CCc3ccccc3)C(N)=O)cc(=O)oc2c1. The number of ether oxygens (including phenoxy) is 1. The van der Waals surface area contributed by atoms with Crippen molar-refractivity contribution in [3.8, 4) is 5.75 Å². The normalized spacial score (nSPS) is 11.8. The van der Waals surface area contributed by atoms with Crippen LogP contribution in [0.1, 0.15) is 17.5 Å². The largest absolute Gasteiger partial charge is 0.497 e. The van der Waals surface area contributed by atoms with Gasteiger partial charge in [-0.05, 0) is 29.7 Å². The number of fused-ring (bicyclic) bond motifs is 1. The van der Waals surface area contributed by atoms with E-state index in [9.17, 15) is 14.4 Å². The molecule has 29 heavy (non-hydrogen) atoms. The highest BCUT2D eigenvalue weighted by Gasteiger charge is 2.20. The van der Waals surface area contributed by atoms with Crippen LogP contribution < -0.4 is 21.4 Å². The van der Waals surface area contributed by atoms with Crippen molar-refractivity contribution in [2.24, 2.45) is 5.73 Å². The number of hydrogen-bond donors (Lipinski definition) is 2. The molecule has 150 valence electrons. The molecule has 0 radical (unpaired) electrons. The number of aryl methyl sites for hydroxylation is 1. The predicted octanol–water partition coefficient (Wildman–Crippen LogP) is 1.95. The second kappa shape index (κ2) is 9.05. The molecule has 1 atom stereocenters. The van der Waals surface area contributed by atoms with Gasteiger partial charge in [-0.15, -0.1) is 0 Å². The number of benzene rings is 2. The van der Waals surface area contributed by atoms with Gasteiger partial charge in [-0.1, -0.05) is 30.3 Å². The third-order valence-corrected chi connectivity index (χ3v) is 4.62. The average Bonchev–Trinajstić information content (AvgIpc) is 2.71. The van der Waals surface area contributed by atoms with Crippen LogP contribution in [0.4, 0.5) is 0 Å². The summed E-state index contributed by atoms with van der Waals surface area (Å²) in [5.74, 6) is -0.418. The van der Waals surface area contributed by atoms with Crippen LogP contribution in [0.3, 0.4) is 0 Å². The standard InChI is InChI=1S/C22H22N2O5/c1-28-16-8-9-17-15(12-21(26)29-19(17)13-16)11-18(22(23)27)24-20(25)10-7-14-5-3-2-4-6-14/h2-6,8-9,12-13,18H,7,10-11H2,1H3,(H2,23,27)(H,24,25)/t18-/m0/s1. The van der Waals surface area contributed by atoms with Crippen LogP contribution in [0.2, 0.25) is 0 Å².